The molecule has 1 N–H and O–H groups in total. The lowest BCUT2D eigenvalue weighted by atomic mass is 10.0. The van der Waals surface area contributed by atoms with Gasteiger partial charge in [-0.3, -0.25) is 5.32 Å². The minimum atomic E-state index is -0.0146. The Hall–Kier alpha value is -1.92. The number of aryl methyl sites for hydroxylation is 1. The van der Waals surface area contributed by atoms with E-state index in [9.17, 15) is 4.79 Å². The van der Waals surface area contributed by atoms with Crippen LogP contribution >= 0.6 is 22.7 Å². The summed E-state index contributed by atoms with van der Waals surface area (Å²) in [4.78, 5) is 19.9. The van der Waals surface area contributed by atoms with Crippen molar-refractivity contribution >= 4 is 43.9 Å². The zero-order valence-corrected chi connectivity index (χ0v) is 13.7. The largest absolute Gasteiger partial charge is 0.323 e. The highest BCUT2D eigenvalue weighted by Crippen LogP contribution is 2.33. The maximum absolute atomic E-state index is 12.2. The minimum Gasteiger partial charge on any atom is -0.323 e. The number of thiophene rings is 1. The zero-order chi connectivity index (χ0) is 15.1. The first-order valence-electron chi connectivity index (χ1n) is 7.17. The van der Waals surface area contributed by atoms with Gasteiger partial charge in [-0.25, -0.2) is 9.78 Å². The van der Waals surface area contributed by atoms with E-state index in [0.717, 1.165) is 28.6 Å². The molecule has 0 atom stereocenters. The molecule has 4 nitrogen and oxygen atoms in total. The molecule has 2 aromatic heterocycles. The second-order valence-electron chi connectivity index (χ2n) is 5.46. The molecule has 0 aliphatic carbocycles. The number of hydrogen-bond donors (Lipinski definition) is 1. The first-order chi connectivity index (χ1) is 10.7. The van der Waals surface area contributed by atoms with E-state index < -0.39 is 0 Å². The number of carbonyl (C=O) groups excluding carboxylic acids is 1. The normalized spacial score (nSPS) is 15.0. The monoisotopic (exact) mass is 329 g/mol. The van der Waals surface area contributed by atoms with Crippen molar-refractivity contribution in [2.75, 3.05) is 18.4 Å². The number of carbonyl (C=O) groups is 1. The van der Waals surface area contributed by atoms with Crippen LogP contribution in [0.2, 0.25) is 0 Å². The molecule has 0 spiro atoms. The number of fused-ring (bicyclic) bond motifs is 1. The van der Waals surface area contributed by atoms with Gasteiger partial charge in [-0.15, -0.1) is 22.7 Å². The number of amides is 2. The summed E-state index contributed by atoms with van der Waals surface area (Å²) in [5.74, 6) is 0.369. The molecule has 2 amide bonds. The van der Waals surface area contributed by atoms with Crippen molar-refractivity contribution in [2.45, 2.75) is 12.8 Å². The van der Waals surface area contributed by atoms with Crippen molar-refractivity contribution in [3.8, 4) is 0 Å². The Morgan fingerprint density at radius 3 is 2.77 bits per heavy atom. The Kier molecular flexibility index (Phi) is 3.35. The highest BCUT2D eigenvalue weighted by Gasteiger charge is 2.34. The van der Waals surface area contributed by atoms with Crippen LogP contribution < -0.4 is 5.32 Å². The fourth-order valence-corrected chi connectivity index (χ4v) is 4.36. The van der Waals surface area contributed by atoms with Gasteiger partial charge in [0.25, 0.3) is 0 Å². The van der Waals surface area contributed by atoms with Crippen molar-refractivity contribution in [3.63, 3.8) is 0 Å². The number of benzene rings is 1. The predicted molar refractivity (Wildman–Crippen MR) is 92.0 cm³/mol. The van der Waals surface area contributed by atoms with E-state index in [-0.39, 0.29) is 6.03 Å². The standard InChI is InChI=1S/C16H15N3OS2/c1-10-6-7-14(21-10)18-16(20)19-8-11(9-19)15-17-12-4-2-3-5-13(12)22-15/h2-7,11H,8-9H2,1H3,(H,18,20). The van der Waals surface area contributed by atoms with Crippen LogP contribution in [0.1, 0.15) is 15.8 Å². The number of rotatable bonds is 2. The van der Waals surface area contributed by atoms with E-state index in [1.807, 2.05) is 42.2 Å². The van der Waals surface area contributed by atoms with Gasteiger partial charge < -0.3 is 4.90 Å². The Labute approximate surface area is 136 Å². The Morgan fingerprint density at radius 1 is 1.23 bits per heavy atom. The van der Waals surface area contributed by atoms with Gasteiger partial charge in [-0.2, -0.15) is 0 Å². The highest BCUT2D eigenvalue weighted by molar-refractivity contribution is 7.18. The Bertz CT molecular complexity index is 800. The molecule has 112 valence electrons. The number of nitrogens with one attached hydrogen (secondary N) is 1. The molecular weight excluding hydrogens is 314 g/mol. The van der Waals surface area contributed by atoms with E-state index in [4.69, 9.17) is 0 Å². The molecule has 3 aromatic rings. The number of para-hydroxylation sites is 1. The molecular formula is C16H15N3OS2. The summed E-state index contributed by atoms with van der Waals surface area (Å²) in [6.07, 6.45) is 0. The van der Waals surface area contributed by atoms with Gasteiger partial charge in [0.2, 0.25) is 0 Å². The number of anilines is 1. The number of hydrogen-bond acceptors (Lipinski definition) is 4. The van der Waals surface area contributed by atoms with Gasteiger partial charge in [0, 0.05) is 23.9 Å². The summed E-state index contributed by atoms with van der Waals surface area (Å²) >= 11 is 3.33. The van der Waals surface area contributed by atoms with Gasteiger partial charge in [0.05, 0.1) is 15.2 Å². The smallest absolute Gasteiger partial charge is 0.322 e. The fourth-order valence-electron chi connectivity index (χ4n) is 2.55. The summed E-state index contributed by atoms with van der Waals surface area (Å²) in [5.41, 5.74) is 1.06. The lowest BCUT2D eigenvalue weighted by Gasteiger charge is -2.37. The van der Waals surface area contributed by atoms with Gasteiger partial charge in [-0.1, -0.05) is 12.1 Å². The van der Waals surface area contributed by atoms with E-state index in [1.165, 1.54) is 9.58 Å². The van der Waals surface area contributed by atoms with E-state index in [2.05, 4.69) is 16.4 Å². The van der Waals surface area contributed by atoms with Crippen molar-refractivity contribution < 1.29 is 4.79 Å². The van der Waals surface area contributed by atoms with Crippen LogP contribution in [0, 0.1) is 6.92 Å². The first kappa shape index (κ1) is 13.7. The summed E-state index contributed by atoms with van der Waals surface area (Å²) in [6.45, 7) is 3.53. The third-order valence-electron chi connectivity index (χ3n) is 3.80. The summed E-state index contributed by atoms with van der Waals surface area (Å²) in [5, 5.41) is 5.00. The average molecular weight is 329 g/mol. The molecule has 0 unspecified atom stereocenters. The summed E-state index contributed by atoms with van der Waals surface area (Å²) in [6, 6.07) is 12.1. The maximum atomic E-state index is 12.2. The summed E-state index contributed by atoms with van der Waals surface area (Å²) in [7, 11) is 0. The van der Waals surface area contributed by atoms with Crippen LogP contribution in [-0.2, 0) is 0 Å². The number of aromatic nitrogens is 1. The molecule has 0 radical (unpaired) electrons. The van der Waals surface area contributed by atoms with Crippen molar-refractivity contribution in [3.05, 3.63) is 46.3 Å². The van der Waals surface area contributed by atoms with E-state index in [1.54, 1.807) is 22.7 Å². The summed E-state index contributed by atoms with van der Waals surface area (Å²) < 4.78 is 1.22. The second-order valence-corrected chi connectivity index (χ2v) is 7.81. The van der Waals surface area contributed by atoms with Gasteiger partial charge in [0.15, 0.2) is 0 Å². The number of urea groups is 1. The number of thiazole rings is 1. The maximum Gasteiger partial charge on any atom is 0.322 e. The van der Waals surface area contributed by atoms with Crippen molar-refractivity contribution in [2.24, 2.45) is 0 Å². The third-order valence-corrected chi connectivity index (χ3v) is 5.91. The van der Waals surface area contributed by atoms with Crippen LogP contribution in [0.3, 0.4) is 0 Å². The van der Waals surface area contributed by atoms with Crippen LogP contribution in [-0.4, -0.2) is 29.0 Å². The molecule has 6 heteroatoms. The molecule has 1 aliphatic rings. The first-order valence-corrected chi connectivity index (χ1v) is 8.80. The molecule has 1 aliphatic heterocycles. The van der Waals surface area contributed by atoms with Crippen LogP contribution in [0.25, 0.3) is 10.2 Å². The van der Waals surface area contributed by atoms with Gasteiger partial charge >= 0.3 is 6.03 Å². The molecule has 22 heavy (non-hydrogen) atoms. The molecule has 1 saturated heterocycles. The Morgan fingerprint density at radius 2 is 2.05 bits per heavy atom. The average Bonchev–Trinajstić information content (AvgIpc) is 3.03. The Balaban J connectivity index is 1.40. The molecule has 1 fully saturated rings. The predicted octanol–water partition coefficient (Wildman–Crippen LogP) is 4.30. The second kappa shape index (κ2) is 5.37. The van der Waals surface area contributed by atoms with E-state index >= 15 is 0 Å². The van der Waals surface area contributed by atoms with E-state index in [0.29, 0.717) is 5.92 Å². The number of nitrogens with zero attached hydrogens (tertiary/aromatic N) is 2. The molecule has 0 saturated carbocycles. The molecule has 0 bridgehead atoms. The van der Waals surface area contributed by atoms with Crippen LogP contribution in [0.5, 0.6) is 0 Å². The fraction of sp³-hybridized carbons (Fsp3) is 0.250. The quantitative estimate of drug-likeness (QED) is 0.762. The van der Waals surface area contributed by atoms with Gasteiger partial charge in [0.1, 0.15) is 5.01 Å². The topological polar surface area (TPSA) is 45.2 Å². The molecule has 3 heterocycles. The highest BCUT2D eigenvalue weighted by atomic mass is 32.1. The lowest BCUT2D eigenvalue weighted by molar-refractivity contribution is 0.164. The van der Waals surface area contributed by atoms with Crippen LogP contribution in [0.15, 0.2) is 36.4 Å². The van der Waals surface area contributed by atoms with Crippen LogP contribution in [0.4, 0.5) is 9.80 Å². The minimum absolute atomic E-state index is 0.0146. The van der Waals surface area contributed by atoms with Crippen molar-refractivity contribution in [1.29, 1.82) is 0 Å². The SMILES string of the molecule is Cc1ccc(NC(=O)N2CC(c3nc4ccccc4s3)C2)s1. The molecule has 4 rings (SSSR count). The zero-order valence-electron chi connectivity index (χ0n) is 12.1. The third kappa shape index (κ3) is 2.48. The lowest BCUT2D eigenvalue weighted by Crippen LogP contribution is -2.50. The molecule has 1 aromatic carbocycles. The van der Waals surface area contributed by atoms with Crippen molar-refractivity contribution in [1.82, 2.24) is 9.88 Å². The number of likely N-dealkylation sites (tertiary alicyclic amines) is 1. The van der Waals surface area contributed by atoms with Gasteiger partial charge in [-0.05, 0) is 31.2 Å².